The SMILES string of the molecule is CC1CN(C)CCC1Nc1ncnc2c1CCCC2. The molecule has 1 aliphatic carbocycles. The van der Waals surface area contributed by atoms with Crippen molar-refractivity contribution in [2.75, 3.05) is 25.5 Å². The van der Waals surface area contributed by atoms with Crippen LogP contribution < -0.4 is 5.32 Å². The van der Waals surface area contributed by atoms with Crippen LogP contribution in [0.5, 0.6) is 0 Å². The van der Waals surface area contributed by atoms with Crippen LogP contribution in [0.4, 0.5) is 5.82 Å². The van der Waals surface area contributed by atoms with Gasteiger partial charge in [-0.15, -0.1) is 0 Å². The molecule has 1 aromatic heterocycles. The number of aromatic nitrogens is 2. The second-order valence-corrected chi connectivity index (χ2v) is 6.13. The molecule has 1 fully saturated rings. The molecule has 0 radical (unpaired) electrons. The molecule has 1 aliphatic heterocycles. The van der Waals surface area contributed by atoms with Crippen molar-refractivity contribution in [1.82, 2.24) is 14.9 Å². The largest absolute Gasteiger partial charge is 0.367 e. The van der Waals surface area contributed by atoms with E-state index in [-0.39, 0.29) is 0 Å². The van der Waals surface area contributed by atoms with Gasteiger partial charge in [-0.2, -0.15) is 0 Å². The molecule has 1 saturated heterocycles. The van der Waals surface area contributed by atoms with E-state index in [1.54, 1.807) is 6.33 Å². The van der Waals surface area contributed by atoms with Crippen LogP contribution in [0.3, 0.4) is 0 Å². The van der Waals surface area contributed by atoms with E-state index in [1.807, 2.05) is 0 Å². The van der Waals surface area contributed by atoms with Crippen LogP contribution >= 0.6 is 0 Å². The fourth-order valence-corrected chi connectivity index (χ4v) is 3.39. The number of rotatable bonds is 2. The molecule has 0 saturated carbocycles. The van der Waals surface area contributed by atoms with E-state index >= 15 is 0 Å². The second kappa shape index (κ2) is 5.45. The third kappa shape index (κ3) is 2.73. The first-order valence-corrected chi connectivity index (χ1v) is 7.52. The molecule has 0 bridgehead atoms. The van der Waals surface area contributed by atoms with E-state index in [9.17, 15) is 0 Å². The van der Waals surface area contributed by atoms with Crippen LogP contribution in [0.1, 0.15) is 37.4 Å². The van der Waals surface area contributed by atoms with Gasteiger partial charge in [0, 0.05) is 23.8 Å². The lowest BCUT2D eigenvalue weighted by Gasteiger charge is -2.36. The lowest BCUT2D eigenvalue weighted by molar-refractivity contribution is 0.206. The summed E-state index contributed by atoms with van der Waals surface area (Å²) in [6, 6.07) is 0.553. The molecule has 1 aromatic rings. The number of aryl methyl sites for hydroxylation is 1. The van der Waals surface area contributed by atoms with Crippen molar-refractivity contribution in [2.24, 2.45) is 5.92 Å². The molecular weight excluding hydrogens is 236 g/mol. The zero-order chi connectivity index (χ0) is 13.2. The van der Waals surface area contributed by atoms with Gasteiger partial charge in [0.15, 0.2) is 0 Å². The predicted octanol–water partition coefficient (Wildman–Crippen LogP) is 2.11. The first kappa shape index (κ1) is 12.9. The molecule has 3 rings (SSSR count). The first-order valence-electron chi connectivity index (χ1n) is 7.52. The van der Waals surface area contributed by atoms with Crippen LogP contribution in [0.15, 0.2) is 6.33 Å². The standard InChI is InChI=1S/C15H24N4/c1-11-9-19(2)8-7-13(11)18-15-12-5-3-4-6-14(12)16-10-17-15/h10-11,13H,3-9H2,1-2H3,(H,16,17,18). The van der Waals surface area contributed by atoms with Crippen molar-refractivity contribution in [3.05, 3.63) is 17.6 Å². The summed E-state index contributed by atoms with van der Waals surface area (Å²) in [4.78, 5) is 11.4. The topological polar surface area (TPSA) is 41.0 Å². The molecule has 4 nitrogen and oxygen atoms in total. The summed E-state index contributed by atoms with van der Waals surface area (Å²) in [7, 11) is 2.21. The number of nitrogens with one attached hydrogen (secondary N) is 1. The Morgan fingerprint density at radius 2 is 2.11 bits per heavy atom. The molecule has 1 N–H and O–H groups in total. The van der Waals surface area contributed by atoms with Crippen molar-refractivity contribution in [2.45, 2.75) is 45.1 Å². The zero-order valence-corrected chi connectivity index (χ0v) is 12.0. The molecule has 2 heterocycles. The molecule has 2 unspecified atom stereocenters. The fourth-order valence-electron chi connectivity index (χ4n) is 3.39. The quantitative estimate of drug-likeness (QED) is 0.884. The first-order chi connectivity index (χ1) is 9.24. The Morgan fingerprint density at radius 3 is 2.95 bits per heavy atom. The lowest BCUT2D eigenvalue weighted by atomic mass is 9.92. The number of nitrogens with zero attached hydrogens (tertiary/aromatic N) is 3. The molecule has 2 aliphatic rings. The Kier molecular flexibility index (Phi) is 3.69. The molecule has 0 aromatic carbocycles. The second-order valence-electron chi connectivity index (χ2n) is 6.13. The highest BCUT2D eigenvalue weighted by Crippen LogP contribution is 2.27. The normalized spacial score (nSPS) is 27.9. The average molecular weight is 260 g/mol. The van der Waals surface area contributed by atoms with E-state index in [0.29, 0.717) is 12.0 Å². The van der Waals surface area contributed by atoms with Gasteiger partial charge < -0.3 is 10.2 Å². The number of anilines is 1. The van der Waals surface area contributed by atoms with Gasteiger partial charge in [-0.3, -0.25) is 0 Å². The van der Waals surface area contributed by atoms with Crippen molar-refractivity contribution in [3.63, 3.8) is 0 Å². The molecule has 19 heavy (non-hydrogen) atoms. The summed E-state index contributed by atoms with van der Waals surface area (Å²) in [5.41, 5.74) is 2.64. The van der Waals surface area contributed by atoms with Gasteiger partial charge in [0.2, 0.25) is 0 Å². The molecule has 2 atom stereocenters. The summed E-state index contributed by atoms with van der Waals surface area (Å²) < 4.78 is 0. The molecule has 104 valence electrons. The minimum absolute atomic E-state index is 0.553. The van der Waals surface area contributed by atoms with E-state index in [1.165, 1.54) is 43.6 Å². The summed E-state index contributed by atoms with van der Waals surface area (Å²) in [5.74, 6) is 1.78. The van der Waals surface area contributed by atoms with Crippen molar-refractivity contribution in [1.29, 1.82) is 0 Å². The van der Waals surface area contributed by atoms with Gasteiger partial charge in [-0.05, 0) is 51.6 Å². The molecule has 0 amide bonds. The minimum Gasteiger partial charge on any atom is -0.367 e. The van der Waals surface area contributed by atoms with Crippen LogP contribution in [-0.2, 0) is 12.8 Å². The van der Waals surface area contributed by atoms with Gasteiger partial charge in [0.05, 0.1) is 0 Å². The lowest BCUT2D eigenvalue weighted by Crippen LogP contribution is -2.43. The number of piperidine rings is 1. The van der Waals surface area contributed by atoms with Crippen LogP contribution in [-0.4, -0.2) is 41.0 Å². The minimum atomic E-state index is 0.553. The van der Waals surface area contributed by atoms with Crippen LogP contribution in [0, 0.1) is 5.92 Å². The monoisotopic (exact) mass is 260 g/mol. The maximum atomic E-state index is 4.50. The van der Waals surface area contributed by atoms with Gasteiger partial charge in [0.25, 0.3) is 0 Å². The van der Waals surface area contributed by atoms with Gasteiger partial charge in [-0.1, -0.05) is 6.92 Å². The van der Waals surface area contributed by atoms with Crippen molar-refractivity contribution in [3.8, 4) is 0 Å². The maximum Gasteiger partial charge on any atom is 0.133 e. The van der Waals surface area contributed by atoms with E-state index < -0.39 is 0 Å². The zero-order valence-electron chi connectivity index (χ0n) is 12.0. The third-order valence-corrected chi connectivity index (χ3v) is 4.56. The Balaban J connectivity index is 1.76. The Bertz CT molecular complexity index is 446. The highest BCUT2D eigenvalue weighted by molar-refractivity contribution is 5.47. The summed E-state index contributed by atoms with van der Waals surface area (Å²) in [6.45, 7) is 4.68. The summed E-state index contributed by atoms with van der Waals surface area (Å²) >= 11 is 0. The van der Waals surface area contributed by atoms with Gasteiger partial charge in [0.1, 0.15) is 12.1 Å². The Labute approximate surface area is 115 Å². The van der Waals surface area contributed by atoms with Crippen molar-refractivity contribution < 1.29 is 0 Å². The summed E-state index contributed by atoms with van der Waals surface area (Å²) in [6.07, 6.45) is 7.74. The van der Waals surface area contributed by atoms with Crippen LogP contribution in [0.25, 0.3) is 0 Å². The summed E-state index contributed by atoms with van der Waals surface area (Å²) in [5, 5.41) is 3.70. The van der Waals surface area contributed by atoms with E-state index in [4.69, 9.17) is 0 Å². The Hall–Kier alpha value is -1.16. The Morgan fingerprint density at radius 1 is 1.26 bits per heavy atom. The van der Waals surface area contributed by atoms with Gasteiger partial charge >= 0.3 is 0 Å². The number of likely N-dealkylation sites (tertiary alicyclic amines) is 1. The molecule has 0 spiro atoms. The maximum absolute atomic E-state index is 4.50. The number of fused-ring (bicyclic) bond motifs is 1. The number of hydrogen-bond donors (Lipinski definition) is 1. The highest BCUT2D eigenvalue weighted by Gasteiger charge is 2.25. The van der Waals surface area contributed by atoms with Gasteiger partial charge in [-0.25, -0.2) is 9.97 Å². The molecular formula is C15H24N4. The van der Waals surface area contributed by atoms with E-state index in [0.717, 1.165) is 18.7 Å². The van der Waals surface area contributed by atoms with Crippen LogP contribution in [0.2, 0.25) is 0 Å². The van der Waals surface area contributed by atoms with E-state index in [2.05, 4.69) is 34.2 Å². The average Bonchev–Trinajstić information content (AvgIpc) is 2.42. The fraction of sp³-hybridized carbons (Fsp3) is 0.733. The van der Waals surface area contributed by atoms with Crippen molar-refractivity contribution >= 4 is 5.82 Å². The highest BCUT2D eigenvalue weighted by atomic mass is 15.1. The number of hydrogen-bond acceptors (Lipinski definition) is 4. The third-order valence-electron chi connectivity index (χ3n) is 4.56. The molecule has 4 heteroatoms. The smallest absolute Gasteiger partial charge is 0.133 e. The predicted molar refractivity (Wildman–Crippen MR) is 77.4 cm³/mol.